The van der Waals surface area contributed by atoms with E-state index in [1.165, 1.54) is 7.11 Å². The number of carbonyl (C=O) groups is 1. The second kappa shape index (κ2) is 10.5. The lowest BCUT2D eigenvalue weighted by Crippen LogP contribution is -2.12. The summed E-state index contributed by atoms with van der Waals surface area (Å²) in [4.78, 5) is 11.4. The molecule has 0 aromatic rings. The van der Waals surface area contributed by atoms with Crippen molar-refractivity contribution in [1.29, 1.82) is 0 Å². The number of hydrogen-bond acceptors (Lipinski definition) is 4. The average molecular weight is 230 g/mol. The van der Waals surface area contributed by atoms with E-state index in [9.17, 15) is 4.79 Å². The van der Waals surface area contributed by atoms with E-state index in [0.717, 1.165) is 25.7 Å². The molecule has 0 radical (unpaired) electrons. The Labute approximate surface area is 97.6 Å². The maximum Gasteiger partial charge on any atom is 0.373 e. The zero-order valence-corrected chi connectivity index (χ0v) is 10.5. The molecule has 0 heterocycles. The highest BCUT2D eigenvalue weighted by atomic mass is 16.7. The van der Waals surface area contributed by atoms with Gasteiger partial charge in [-0.05, 0) is 25.8 Å². The number of methoxy groups -OCH3 is 1. The van der Waals surface area contributed by atoms with Crippen LogP contribution in [0.3, 0.4) is 0 Å². The minimum absolute atomic E-state index is 0.0679. The Morgan fingerprint density at radius 3 is 2.50 bits per heavy atom. The van der Waals surface area contributed by atoms with Crippen molar-refractivity contribution in [3.63, 3.8) is 0 Å². The maximum absolute atomic E-state index is 11.4. The van der Waals surface area contributed by atoms with Crippen LogP contribution >= 0.6 is 0 Å². The van der Waals surface area contributed by atoms with E-state index in [4.69, 9.17) is 14.2 Å². The highest BCUT2D eigenvalue weighted by molar-refractivity contribution is 5.86. The summed E-state index contributed by atoms with van der Waals surface area (Å²) in [6, 6.07) is 0. The Kier molecular flexibility index (Phi) is 9.81. The van der Waals surface area contributed by atoms with Gasteiger partial charge in [-0.1, -0.05) is 19.8 Å². The van der Waals surface area contributed by atoms with Gasteiger partial charge in [-0.2, -0.15) is 0 Å². The Hall–Kier alpha value is -1.03. The molecule has 0 bridgehead atoms. The van der Waals surface area contributed by atoms with Gasteiger partial charge in [0.1, 0.15) is 0 Å². The molecular formula is C12H22O4. The molecule has 0 saturated heterocycles. The first-order valence-corrected chi connectivity index (χ1v) is 5.75. The number of hydrogen-bond donors (Lipinski definition) is 0. The Balaban J connectivity index is 4.11. The SMILES string of the molecule is CCCCCC=C(OCOC)C(=O)OCC. The van der Waals surface area contributed by atoms with Crippen molar-refractivity contribution >= 4 is 5.97 Å². The molecular weight excluding hydrogens is 208 g/mol. The van der Waals surface area contributed by atoms with Gasteiger partial charge in [-0.15, -0.1) is 0 Å². The topological polar surface area (TPSA) is 44.8 Å². The number of ether oxygens (including phenoxy) is 3. The highest BCUT2D eigenvalue weighted by Gasteiger charge is 2.11. The number of esters is 1. The van der Waals surface area contributed by atoms with Crippen molar-refractivity contribution in [3.05, 3.63) is 11.8 Å². The first kappa shape index (κ1) is 15.0. The molecule has 16 heavy (non-hydrogen) atoms. The summed E-state index contributed by atoms with van der Waals surface area (Å²) in [6.07, 6.45) is 5.95. The van der Waals surface area contributed by atoms with Crippen molar-refractivity contribution in [2.45, 2.75) is 39.5 Å². The van der Waals surface area contributed by atoms with Crippen LogP contribution in [0, 0.1) is 0 Å². The monoisotopic (exact) mass is 230 g/mol. The molecule has 0 N–H and O–H groups in total. The smallest absolute Gasteiger partial charge is 0.373 e. The molecule has 0 unspecified atom stereocenters. The summed E-state index contributed by atoms with van der Waals surface area (Å²) >= 11 is 0. The summed E-state index contributed by atoms with van der Waals surface area (Å²) in [5.74, 6) is -0.171. The average Bonchev–Trinajstić information content (AvgIpc) is 2.28. The third kappa shape index (κ3) is 7.29. The van der Waals surface area contributed by atoms with Crippen LogP contribution in [0.5, 0.6) is 0 Å². The molecule has 0 rings (SSSR count). The van der Waals surface area contributed by atoms with Crippen LogP contribution in [-0.4, -0.2) is 26.5 Å². The van der Waals surface area contributed by atoms with Gasteiger partial charge >= 0.3 is 5.97 Å². The third-order valence-corrected chi connectivity index (χ3v) is 1.95. The Morgan fingerprint density at radius 1 is 1.19 bits per heavy atom. The molecule has 0 aliphatic heterocycles. The quantitative estimate of drug-likeness (QED) is 0.201. The highest BCUT2D eigenvalue weighted by Crippen LogP contribution is 2.07. The lowest BCUT2D eigenvalue weighted by atomic mass is 10.2. The Bertz CT molecular complexity index is 211. The van der Waals surface area contributed by atoms with E-state index in [1.54, 1.807) is 13.0 Å². The van der Waals surface area contributed by atoms with E-state index in [2.05, 4.69) is 6.92 Å². The van der Waals surface area contributed by atoms with Crippen LogP contribution in [0.15, 0.2) is 11.8 Å². The molecule has 0 aromatic carbocycles. The summed E-state index contributed by atoms with van der Waals surface area (Å²) in [5.41, 5.74) is 0. The minimum atomic E-state index is -0.420. The molecule has 0 aromatic heterocycles. The molecule has 4 heteroatoms. The van der Waals surface area contributed by atoms with Crippen LogP contribution < -0.4 is 0 Å². The molecule has 0 saturated carbocycles. The lowest BCUT2D eigenvalue weighted by molar-refractivity contribution is -0.145. The van der Waals surface area contributed by atoms with Crippen molar-refractivity contribution in [3.8, 4) is 0 Å². The normalized spacial score (nSPS) is 11.3. The summed E-state index contributed by atoms with van der Waals surface area (Å²) in [5, 5.41) is 0. The third-order valence-electron chi connectivity index (χ3n) is 1.95. The van der Waals surface area contributed by atoms with E-state index < -0.39 is 5.97 Å². The standard InChI is InChI=1S/C12H22O4/c1-4-6-7-8-9-11(16-10-14-3)12(13)15-5-2/h9H,4-8,10H2,1-3H3. The number of allylic oxidation sites excluding steroid dienone is 1. The van der Waals surface area contributed by atoms with Gasteiger partial charge in [0.25, 0.3) is 0 Å². The zero-order chi connectivity index (χ0) is 12.2. The van der Waals surface area contributed by atoms with Crippen molar-refractivity contribution in [2.75, 3.05) is 20.5 Å². The van der Waals surface area contributed by atoms with Crippen LogP contribution in [-0.2, 0) is 19.0 Å². The van der Waals surface area contributed by atoms with Gasteiger partial charge in [0.05, 0.1) is 6.61 Å². The van der Waals surface area contributed by atoms with E-state index in [1.807, 2.05) is 0 Å². The predicted octanol–water partition coefficient (Wildman–Crippen LogP) is 2.63. The van der Waals surface area contributed by atoms with Crippen LogP contribution in [0.2, 0.25) is 0 Å². The lowest BCUT2D eigenvalue weighted by Gasteiger charge is -2.08. The molecule has 0 atom stereocenters. The van der Waals surface area contributed by atoms with Gasteiger partial charge in [-0.3, -0.25) is 0 Å². The van der Waals surface area contributed by atoms with Gasteiger partial charge in [0.15, 0.2) is 6.79 Å². The van der Waals surface area contributed by atoms with E-state index in [0.29, 0.717) is 6.61 Å². The fraction of sp³-hybridized carbons (Fsp3) is 0.750. The number of rotatable bonds is 9. The minimum Gasteiger partial charge on any atom is -0.460 e. The summed E-state index contributed by atoms with van der Waals surface area (Å²) < 4.78 is 14.8. The van der Waals surface area contributed by atoms with Crippen molar-refractivity contribution in [2.24, 2.45) is 0 Å². The fourth-order valence-corrected chi connectivity index (χ4v) is 1.15. The molecule has 0 aliphatic rings. The first-order chi connectivity index (χ1) is 7.76. The first-order valence-electron chi connectivity index (χ1n) is 5.75. The molecule has 0 aliphatic carbocycles. The van der Waals surface area contributed by atoms with Gasteiger partial charge in [0, 0.05) is 7.11 Å². The van der Waals surface area contributed by atoms with E-state index >= 15 is 0 Å². The number of carbonyl (C=O) groups excluding carboxylic acids is 1. The van der Waals surface area contributed by atoms with Crippen LogP contribution in [0.1, 0.15) is 39.5 Å². The predicted molar refractivity (Wildman–Crippen MR) is 61.8 cm³/mol. The van der Waals surface area contributed by atoms with Gasteiger partial charge in [0.2, 0.25) is 5.76 Å². The fourth-order valence-electron chi connectivity index (χ4n) is 1.15. The molecule has 4 nitrogen and oxygen atoms in total. The van der Waals surface area contributed by atoms with Gasteiger partial charge in [-0.25, -0.2) is 4.79 Å². The summed E-state index contributed by atoms with van der Waals surface area (Å²) in [7, 11) is 1.51. The number of unbranched alkanes of at least 4 members (excludes halogenated alkanes) is 3. The van der Waals surface area contributed by atoms with Crippen molar-refractivity contribution in [1.82, 2.24) is 0 Å². The zero-order valence-electron chi connectivity index (χ0n) is 10.5. The van der Waals surface area contributed by atoms with Crippen LogP contribution in [0.25, 0.3) is 0 Å². The largest absolute Gasteiger partial charge is 0.460 e. The molecule has 0 spiro atoms. The summed E-state index contributed by atoms with van der Waals surface area (Å²) in [6.45, 7) is 4.32. The molecule has 0 fully saturated rings. The van der Waals surface area contributed by atoms with Gasteiger partial charge < -0.3 is 14.2 Å². The molecule has 94 valence electrons. The maximum atomic E-state index is 11.4. The second-order valence-corrected chi connectivity index (χ2v) is 3.34. The van der Waals surface area contributed by atoms with Crippen molar-refractivity contribution < 1.29 is 19.0 Å². The van der Waals surface area contributed by atoms with E-state index in [-0.39, 0.29) is 12.6 Å². The second-order valence-electron chi connectivity index (χ2n) is 3.34. The molecule has 0 amide bonds. The Morgan fingerprint density at radius 2 is 1.94 bits per heavy atom. The van der Waals surface area contributed by atoms with Crippen LogP contribution in [0.4, 0.5) is 0 Å².